The Morgan fingerprint density at radius 3 is 2.47 bits per heavy atom. The summed E-state index contributed by atoms with van der Waals surface area (Å²) in [5, 5.41) is 25.3. The van der Waals surface area contributed by atoms with Gasteiger partial charge in [0, 0.05) is 12.2 Å². The van der Waals surface area contributed by atoms with Crippen molar-refractivity contribution in [2.45, 2.75) is 49.8 Å². The van der Waals surface area contributed by atoms with Gasteiger partial charge in [0.25, 0.3) is 0 Å². The van der Waals surface area contributed by atoms with Gasteiger partial charge in [-0.1, -0.05) is 0 Å². The molecular weight excluding hydrogens is 551 g/mol. The van der Waals surface area contributed by atoms with Gasteiger partial charge in [-0.2, -0.15) is 18.6 Å². The van der Waals surface area contributed by atoms with Gasteiger partial charge in [-0.15, -0.1) is 0 Å². The fourth-order valence-electron chi connectivity index (χ4n) is 3.62. The topological polar surface area (TPSA) is 278 Å². The monoisotopic (exact) mass is 575 g/mol. The van der Waals surface area contributed by atoms with E-state index in [1.165, 1.54) is 17.7 Å². The highest BCUT2D eigenvalue weighted by molar-refractivity contribution is 7.66. The highest BCUT2D eigenvalue weighted by Gasteiger charge is 2.54. The highest BCUT2D eigenvalue weighted by atomic mass is 31.3. The molecule has 6 atom stereocenters. The molecule has 2 aromatic rings. The zero-order valence-electron chi connectivity index (χ0n) is 18.4. The van der Waals surface area contributed by atoms with Crippen molar-refractivity contribution in [3.8, 4) is 0 Å². The van der Waals surface area contributed by atoms with Gasteiger partial charge in [0.15, 0.2) is 6.23 Å². The van der Waals surface area contributed by atoms with Crippen molar-refractivity contribution in [2.24, 2.45) is 0 Å². The first-order valence-corrected chi connectivity index (χ1v) is 14.7. The molecule has 0 amide bonds. The van der Waals surface area contributed by atoms with Gasteiger partial charge >= 0.3 is 23.5 Å². The molecule has 2 aliphatic rings. The first-order chi connectivity index (χ1) is 16.5. The third-order valence-electron chi connectivity index (χ3n) is 5.33. The summed E-state index contributed by atoms with van der Waals surface area (Å²) in [7, 11) is -16.7. The average molecular weight is 575 g/mol. The number of ether oxygens (including phenoxy) is 1. The van der Waals surface area contributed by atoms with Crippen LogP contribution in [0.4, 0.5) is 11.8 Å². The Bertz CT molecular complexity index is 1290. The SMILES string of the molecule is C[C@@]1(O)[C@H](O)[C@@H](COP(=O)(O)OP(=O)(O)OP(=O)(O)O)O[C@H]1n1ccc2c(NC3CC3)nc(N)nc21. The summed E-state index contributed by atoms with van der Waals surface area (Å²) >= 11 is 0. The van der Waals surface area contributed by atoms with Crippen molar-refractivity contribution in [3.63, 3.8) is 0 Å². The molecule has 1 saturated heterocycles. The van der Waals surface area contributed by atoms with Crippen molar-refractivity contribution in [2.75, 3.05) is 17.7 Å². The maximum atomic E-state index is 12.0. The van der Waals surface area contributed by atoms with E-state index < -0.39 is 54.1 Å². The number of hydrogen-bond acceptors (Lipinski definition) is 13. The molecule has 0 bridgehead atoms. The smallest absolute Gasteiger partial charge is 0.387 e. The summed E-state index contributed by atoms with van der Waals surface area (Å²) < 4.78 is 53.0. The second-order valence-corrected chi connectivity index (χ2v) is 12.8. The molecule has 21 heteroatoms. The first-order valence-electron chi connectivity index (χ1n) is 10.2. The minimum atomic E-state index is -5.72. The van der Waals surface area contributed by atoms with E-state index in [0.717, 1.165) is 12.8 Å². The molecule has 0 aromatic carbocycles. The van der Waals surface area contributed by atoms with E-state index in [2.05, 4.69) is 28.4 Å². The standard InChI is InChI=1S/C15H24N5O13P3/c1-15(22)10(21)9(6-30-35(26,27)33-36(28,29)32-34(23,24)25)31-13(15)20-5-4-8-11(17-7-2-3-7)18-14(16)19-12(8)20/h4-5,7,9-10,13,21-22H,2-3,6H2,1H3,(H,26,27)(H,28,29)(H2,23,24,25)(H3,16,17,18,19)/t9-,10-,13-,15-/m1/s1. The summed E-state index contributed by atoms with van der Waals surface area (Å²) in [6, 6.07) is 1.89. The maximum absolute atomic E-state index is 12.0. The number of rotatable bonds is 10. The Labute approximate surface area is 202 Å². The van der Waals surface area contributed by atoms with Crippen LogP contribution in [0.15, 0.2) is 12.3 Å². The predicted octanol–water partition coefficient (Wildman–Crippen LogP) is -0.0596. The number of aliphatic hydroxyl groups is 2. The van der Waals surface area contributed by atoms with Crippen LogP contribution in [0.1, 0.15) is 26.0 Å². The van der Waals surface area contributed by atoms with E-state index >= 15 is 0 Å². The van der Waals surface area contributed by atoms with E-state index in [0.29, 0.717) is 11.2 Å². The quantitative estimate of drug-likeness (QED) is 0.172. The summed E-state index contributed by atoms with van der Waals surface area (Å²) in [6.07, 6.45) is -1.05. The molecule has 9 N–H and O–H groups in total. The molecule has 2 aromatic heterocycles. The normalized spacial score (nSPS) is 30.2. The highest BCUT2D eigenvalue weighted by Crippen LogP contribution is 2.66. The van der Waals surface area contributed by atoms with E-state index in [9.17, 15) is 33.7 Å². The molecule has 0 spiro atoms. The molecule has 2 unspecified atom stereocenters. The zero-order chi connectivity index (χ0) is 26.7. The van der Waals surface area contributed by atoms with Crippen LogP contribution in [-0.2, 0) is 31.6 Å². The third kappa shape index (κ3) is 6.14. The van der Waals surface area contributed by atoms with Crippen molar-refractivity contribution in [1.29, 1.82) is 0 Å². The Morgan fingerprint density at radius 1 is 1.19 bits per heavy atom. The number of anilines is 2. The number of phosphoric ester groups is 1. The van der Waals surface area contributed by atoms with E-state index in [-0.39, 0.29) is 17.6 Å². The molecule has 1 saturated carbocycles. The summed E-state index contributed by atoms with van der Waals surface area (Å²) in [4.78, 5) is 44.4. The lowest BCUT2D eigenvalue weighted by Gasteiger charge is -2.27. The van der Waals surface area contributed by atoms with Crippen molar-refractivity contribution in [3.05, 3.63) is 12.3 Å². The van der Waals surface area contributed by atoms with Crippen LogP contribution in [0, 0.1) is 0 Å². The van der Waals surface area contributed by atoms with Gasteiger partial charge in [-0.3, -0.25) is 4.52 Å². The molecule has 202 valence electrons. The number of fused-ring (bicyclic) bond motifs is 1. The minimum absolute atomic E-state index is 0.0620. The minimum Gasteiger partial charge on any atom is -0.387 e. The number of aromatic nitrogens is 3. The molecule has 4 rings (SSSR count). The number of phosphoric acid groups is 3. The van der Waals surface area contributed by atoms with Crippen molar-refractivity contribution >= 4 is 46.3 Å². The van der Waals surface area contributed by atoms with Crippen LogP contribution in [0.5, 0.6) is 0 Å². The molecule has 3 heterocycles. The summed E-state index contributed by atoms with van der Waals surface area (Å²) in [5.41, 5.74) is 4.09. The van der Waals surface area contributed by atoms with Crippen molar-refractivity contribution < 1.29 is 61.4 Å². The van der Waals surface area contributed by atoms with Crippen LogP contribution in [0.25, 0.3) is 11.0 Å². The van der Waals surface area contributed by atoms with Crippen LogP contribution in [-0.4, -0.2) is 74.8 Å². The van der Waals surface area contributed by atoms with Crippen LogP contribution in [0.2, 0.25) is 0 Å². The molecule has 2 fully saturated rings. The number of hydrogen-bond donors (Lipinski definition) is 8. The van der Waals surface area contributed by atoms with Crippen molar-refractivity contribution in [1.82, 2.24) is 14.5 Å². The van der Waals surface area contributed by atoms with Gasteiger partial charge in [0.1, 0.15) is 29.3 Å². The average Bonchev–Trinajstić information content (AvgIpc) is 3.36. The second kappa shape index (κ2) is 9.36. The van der Waals surface area contributed by atoms with E-state index in [1.807, 2.05) is 0 Å². The van der Waals surface area contributed by atoms with Crippen LogP contribution < -0.4 is 11.1 Å². The third-order valence-corrected chi connectivity index (χ3v) is 9.14. The Morgan fingerprint density at radius 2 is 1.86 bits per heavy atom. The lowest BCUT2D eigenvalue weighted by Crippen LogP contribution is -2.44. The summed E-state index contributed by atoms with van der Waals surface area (Å²) in [5.74, 6) is 0.411. The van der Waals surface area contributed by atoms with E-state index in [1.54, 1.807) is 6.07 Å². The number of nitrogen functional groups attached to an aromatic ring is 1. The zero-order valence-corrected chi connectivity index (χ0v) is 21.1. The van der Waals surface area contributed by atoms with Crippen LogP contribution >= 0.6 is 23.5 Å². The molecule has 1 aliphatic heterocycles. The first kappa shape index (κ1) is 27.5. The van der Waals surface area contributed by atoms with Gasteiger partial charge in [-0.25, -0.2) is 13.7 Å². The summed E-state index contributed by atoms with van der Waals surface area (Å²) in [6.45, 7) is 0.273. The van der Waals surface area contributed by atoms with Gasteiger partial charge < -0.3 is 50.1 Å². The van der Waals surface area contributed by atoms with Gasteiger partial charge in [-0.05, 0) is 25.8 Å². The molecule has 0 radical (unpaired) electrons. The van der Waals surface area contributed by atoms with Gasteiger partial charge in [0.2, 0.25) is 5.95 Å². The van der Waals surface area contributed by atoms with E-state index in [4.69, 9.17) is 20.3 Å². The predicted molar refractivity (Wildman–Crippen MR) is 119 cm³/mol. The largest absolute Gasteiger partial charge is 0.490 e. The number of nitrogens with one attached hydrogen (secondary N) is 1. The van der Waals surface area contributed by atoms with Gasteiger partial charge in [0.05, 0.1) is 12.0 Å². The molecule has 36 heavy (non-hydrogen) atoms. The fraction of sp³-hybridized carbons (Fsp3) is 0.600. The Kier molecular flexibility index (Phi) is 7.16. The molecular formula is C15H24N5O13P3. The van der Waals surface area contributed by atoms with Crippen LogP contribution in [0.3, 0.4) is 0 Å². The Hall–Kier alpha value is -1.49. The lowest BCUT2D eigenvalue weighted by atomic mass is 9.96. The second-order valence-electron chi connectivity index (χ2n) is 8.39. The fourth-order valence-corrected chi connectivity index (χ4v) is 6.65. The Balaban J connectivity index is 1.51. The maximum Gasteiger partial charge on any atom is 0.490 e. The number of nitrogens with two attached hydrogens (primary N) is 1. The number of aliphatic hydroxyl groups excluding tert-OH is 1. The molecule has 18 nitrogen and oxygen atoms in total. The number of nitrogens with zero attached hydrogens (tertiary/aromatic N) is 3. The lowest BCUT2D eigenvalue weighted by molar-refractivity contribution is -0.0947. The molecule has 1 aliphatic carbocycles.